The summed E-state index contributed by atoms with van der Waals surface area (Å²) >= 11 is 0. The van der Waals surface area contributed by atoms with Gasteiger partial charge in [-0.3, -0.25) is 14.4 Å². The second kappa shape index (κ2) is 71.6. The number of allylic oxidation sites excluding steroid dienone is 2. The quantitative estimate of drug-likeness (QED) is 0.0261. The summed E-state index contributed by atoms with van der Waals surface area (Å²) in [6, 6.07) is 0. The Morgan fingerprint density at radius 3 is 0.610 bits per heavy atom. The van der Waals surface area contributed by atoms with Crippen LogP contribution in [0.3, 0.4) is 0 Å². The summed E-state index contributed by atoms with van der Waals surface area (Å²) in [6.07, 6.45) is 87.0. The molecule has 0 bridgehead atoms. The Morgan fingerprint density at radius 1 is 0.232 bits per heavy atom. The zero-order valence-electron chi connectivity index (χ0n) is 56.1. The minimum absolute atomic E-state index is 0.0656. The van der Waals surface area contributed by atoms with Crippen molar-refractivity contribution >= 4 is 17.9 Å². The van der Waals surface area contributed by atoms with Crippen LogP contribution in [0.4, 0.5) is 0 Å². The molecule has 82 heavy (non-hydrogen) atoms. The lowest BCUT2D eigenvalue weighted by Gasteiger charge is -2.18. The first kappa shape index (κ1) is 80.2. The third-order valence-electron chi connectivity index (χ3n) is 17.5. The molecule has 0 heterocycles. The van der Waals surface area contributed by atoms with Crippen LogP contribution in [0, 0.1) is 0 Å². The van der Waals surface area contributed by atoms with Crippen LogP contribution in [0.5, 0.6) is 0 Å². The predicted octanol–water partition coefficient (Wildman–Crippen LogP) is 26.0. The minimum Gasteiger partial charge on any atom is -0.462 e. The Labute approximate surface area is 513 Å². The van der Waals surface area contributed by atoms with Crippen LogP contribution in [0.15, 0.2) is 12.2 Å². The maximum Gasteiger partial charge on any atom is 0.306 e. The van der Waals surface area contributed by atoms with E-state index in [0.29, 0.717) is 19.3 Å². The van der Waals surface area contributed by atoms with Gasteiger partial charge in [-0.25, -0.2) is 0 Å². The van der Waals surface area contributed by atoms with E-state index >= 15 is 0 Å². The largest absolute Gasteiger partial charge is 0.462 e. The number of rotatable bonds is 71. The van der Waals surface area contributed by atoms with Crippen molar-refractivity contribution in [3.05, 3.63) is 12.2 Å². The molecule has 1 atom stereocenters. The van der Waals surface area contributed by atoms with Crippen molar-refractivity contribution < 1.29 is 28.6 Å². The summed E-state index contributed by atoms with van der Waals surface area (Å²) in [7, 11) is 0. The van der Waals surface area contributed by atoms with Gasteiger partial charge in [-0.05, 0) is 44.9 Å². The number of hydrogen-bond acceptors (Lipinski definition) is 6. The fourth-order valence-electron chi connectivity index (χ4n) is 11.9. The van der Waals surface area contributed by atoms with E-state index in [-0.39, 0.29) is 31.1 Å². The van der Waals surface area contributed by atoms with Crippen LogP contribution >= 0.6 is 0 Å². The highest BCUT2D eigenvalue weighted by Gasteiger charge is 2.20. The van der Waals surface area contributed by atoms with Gasteiger partial charge in [-0.15, -0.1) is 0 Å². The molecule has 0 aromatic heterocycles. The van der Waals surface area contributed by atoms with Gasteiger partial charge in [0.15, 0.2) is 6.10 Å². The molecule has 0 saturated carbocycles. The lowest BCUT2D eigenvalue weighted by Crippen LogP contribution is -2.30. The molecule has 0 aliphatic rings. The standard InChI is InChI=1S/C76H146O6/c1-4-7-10-13-16-19-22-25-28-30-31-32-33-34-35-36-37-38-39-40-41-42-43-44-45-46-49-51-54-57-60-63-66-69-75(78)81-72-73(71-80-74(77)68-65-62-59-56-53-50-47-27-24-21-18-15-12-9-6-3)82-76(79)70-67-64-61-58-55-52-48-29-26-23-20-17-14-11-8-5-2/h27,47,73H,4-26,28-46,48-72H2,1-3H3/b47-27-. The van der Waals surface area contributed by atoms with Gasteiger partial charge in [-0.2, -0.15) is 0 Å². The number of esters is 3. The van der Waals surface area contributed by atoms with Crippen LogP contribution in [-0.2, 0) is 28.6 Å². The van der Waals surface area contributed by atoms with Crippen molar-refractivity contribution in [2.45, 2.75) is 444 Å². The van der Waals surface area contributed by atoms with E-state index in [4.69, 9.17) is 14.2 Å². The van der Waals surface area contributed by atoms with Gasteiger partial charge >= 0.3 is 17.9 Å². The molecule has 6 heteroatoms. The first-order valence-corrected chi connectivity index (χ1v) is 37.7. The predicted molar refractivity (Wildman–Crippen MR) is 358 cm³/mol. The van der Waals surface area contributed by atoms with Gasteiger partial charge in [-0.1, -0.05) is 386 Å². The molecule has 0 spiro atoms. The number of carbonyl (C=O) groups is 3. The van der Waals surface area contributed by atoms with Gasteiger partial charge in [0.2, 0.25) is 0 Å². The van der Waals surface area contributed by atoms with Crippen molar-refractivity contribution in [2.75, 3.05) is 13.2 Å². The van der Waals surface area contributed by atoms with E-state index in [9.17, 15) is 14.4 Å². The van der Waals surface area contributed by atoms with E-state index in [2.05, 4.69) is 32.9 Å². The van der Waals surface area contributed by atoms with Gasteiger partial charge < -0.3 is 14.2 Å². The monoisotopic (exact) mass is 1160 g/mol. The summed E-state index contributed by atoms with van der Waals surface area (Å²) in [5.74, 6) is -0.838. The summed E-state index contributed by atoms with van der Waals surface area (Å²) in [5, 5.41) is 0. The Morgan fingerprint density at radius 2 is 0.402 bits per heavy atom. The molecule has 0 fully saturated rings. The van der Waals surface area contributed by atoms with E-state index in [1.165, 1.54) is 334 Å². The van der Waals surface area contributed by atoms with Crippen LogP contribution < -0.4 is 0 Å². The highest BCUT2D eigenvalue weighted by atomic mass is 16.6. The van der Waals surface area contributed by atoms with Crippen molar-refractivity contribution in [2.24, 2.45) is 0 Å². The number of ether oxygens (including phenoxy) is 3. The molecule has 0 N–H and O–H groups in total. The van der Waals surface area contributed by atoms with Crippen molar-refractivity contribution in [3.8, 4) is 0 Å². The van der Waals surface area contributed by atoms with E-state index in [0.717, 1.165) is 64.2 Å². The second-order valence-electron chi connectivity index (χ2n) is 25.9. The Hall–Kier alpha value is -1.85. The van der Waals surface area contributed by atoms with E-state index in [1.807, 2.05) is 0 Å². The van der Waals surface area contributed by atoms with Crippen molar-refractivity contribution in [1.29, 1.82) is 0 Å². The van der Waals surface area contributed by atoms with Crippen LogP contribution in [0.25, 0.3) is 0 Å². The van der Waals surface area contributed by atoms with Gasteiger partial charge in [0, 0.05) is 19.3 Å². The number of carbonyl (C=O) groups excluding carboxylic acids is 3. The molecule has 0 aliphatic carbocycles. The lowest BCUT2D eigenvalue weighted by atomic mass is 10.0. The Kier molecular flexibility index (Phi) is 70.0. The Balaban J connectivity index is 4.09. The maximum atomic E-state index is 12.9. The lowest BCUT2D eigenvalue weighted by molar-refractivity contribution is -0.167. The molecule has 0 amide bonds. The molecule has 6 nitrogen and oxygen atoms in total. The molecule has 0 saturated heterocycles. The third kappa shape index (κ3) is 68.9. The smallest absolute Gasteiger partial charge is 0.306 e. The molecule has 1 unspecified atom stereocenters. The summed E-state index contributed by atoms with van der Waals surface area (Å²) in [6.45, 7) is 6.72. The zero-order chi connectivity index (χ0) is 59.2. The minimum atomic E-state index is -0.770. The number of hydrogen-bond donors (Lipinski definition) is 0. The van der Waals surface area contributed by atoms with Crippen LogP contribution in [0.2, 0.25) is 0 Å². The fraction of sp³-hybridized carbons (Fsp3) is 0.934. The molecular formula is C76H146O6. The molecule has 0 aromatic carbocycles. The molecule has 486 valence electrons. The van der Waals surface area contributed by atoms with Gasteiger partial charge in [0.25, 0.3) is 0 Å². The van der Waals surface area contributed by atoms with Crippen molar-refractivity contribution in [1.82, 2.24) is 0 Å². The summed E-state index contributed by atoms with van der Waals surface area (Å²) < 4.78 is 17.0. The third-order valence-corrected chi connectivity index (χ3v) is 17.5. The SMILES string of the molecule is CCCCCCCC/C=C\CCCCCCCC(=O)OCC(COC(=O)CCCCCCCCCCCCCCCCCCCCCCCCCCCCCCCCCCC)OC(=O)CCCCCCCCCCCCCCCCCC. The second-order valence-corrected chi connectivity index (χ2v) is 25.9. The topological polar surface area (TPSA) is 78.9 Å². The molecule has 0 aromatic rings. The Bertz CT molecular complexity index is 1280. The average Bonchev–Trinajstić information content (AvgIpc) is 3.47. The van der Waals surface area contributed by atoms with Gasteiger partial charge in [0.1, 0.15) is 13.2 Å². The van der Waals surface area contributed by atoms with E-state index < -0.39 is 6.10 Å². The maximum absolute atomic E-state index is 12.9. The molecule has 0 rings (SSSR count). The van der Waals surface area contributed by atoms with E-state index in [1.54, 1.807) is 0 Å². The van der Waals surface area contributed by atoms with Crippen molar-refractivity contribution in [3.63, 3.8) is 0 Å². The first-order valence-electron chi connectivity index (χ1n) is 37.7. The number of unbranched alkanes of at least 4 members (excludes halogenated alkanes) is 58. The molecule has 0 aliphatic heterocycles. The summed E-state index contributed by atoms with van der Waals surface area (Å²) in [4.78, 5) is 38.4. The van der Waals surface area contributed by atoms with Gasteiger partial charge in [0.05, 0.1) is 0 Å². The summed E-state index contributed by atoms with van der Waals surface area (Å²) in [5.41, 5.74) is 0. The normalized spacial score (nSPS) is 12.0. The highest BCUT2D eigenvalue weighted by Crippen LogP contribution is 2.20. The van der Waals surface area contributed by atoms with Crippen LogP contribution in [-0.4, -0.2) is 37.2 Å². The zero-order valence-corrected chi connectivity index (χ0v) is 56.1. The first-order chi connectivity index (χ1) is 40.5. The highest BCUT2D eigenvalue weighted by molar-refractivity contribution is 5.71. The fourth-order valence-corrected chi connectivity index (χ4v) is 11.9. The molecular weight excluding hydrogens is 1010 g/mol. The average molecular weight is 1160 g/mol. The van der Waals surface area contributed by atoms with Crippen LogP contribution in [0.1, 0.15) is 438 Å². The molecule has 0 radical (unpaired) electrons.